The van der Waals surface area contributed by atoms with Crippen molar-refractivity contribution < 1.29 is 0 Å². The lowest BCUT2D eigenvalue weighted by atomic mass is 10.0. The topological polar surface area (TPSA) is 15.3 Å². The van der Waals surface area contributed by atoms with Crippen LogP contribution in [0.4, 0.5) is 0 Å². The van der Waals surface area contributed by atoms with Crippen molar-refractivity contribution in [3.05, 3.63) is 0 Å². The van der Waals surface area contributed by atoms with Gasteiger partial charge in [-0.1, -0.05) is 26.7 Å². The van der Waals surface area contributed by atoms with Gasteiger partial charge in [-0.05, 0) is 53.0 Å². The Balaban J connectivity index is 2.59. The molecule has 1 saturated heterocycles. The maximum absolute atomic E-state index is 3.69. The van der Waals surface area contributed by atoms with E-state index in [1.54, 1.807) is 0 Å². The maximum Gasteiger partial charge on any atom is 0.0221 e. The average Bonchev–Trinajstić information content (AvgIpc) is 2.54. The summed E-state index contributed by atoms with van der Waals surface area (Å²) in [5.41, 5.74) is 0.237. The molecule has 0 aromatic heterocycles. The molecule has 1 heterocycles. The Morgan fingerprint density at radius 3 is 2.44 bits per heavy atom. The minimum atomic E-state index is 0.237. The summed E-state index contributed by atoms with van der Waals surface area (Å²) in [5.74, 6) is 0. The van der Waals surface area contributed by atoms with Crippen LogP contribution >= 0.6 is 0 Å². The third-order valence-corrected chi connectivity index (χ3v) is 4.20. The maximum atomic E-state index is 3.69. The second kappa shape index (κ2) is 7.49. The van der Waals surface area contributed by atoms with Gasteiger partial charge in [-0.2, -0.15) is 0 Å². The van der Waals surface area contributed by atoms with Crippen molar-refractivity contribution in [3.8, 4) is 0 Å². The molecule has 0 aliphatic carbocycles. The highest BCUT2D eigenvalue weighted by atomic mass is 15.2. The lowest BCUT2D eigenvalue weighted by Gasteiger charge is -2.38. The summed E-state index contributed by atoms with van der Waals surface area (Å²) in [7, 11) is 0. The lowest BCUT2D eigenvalue weighted by Crippen LogP contribution is -2.50. The molecule has 1 rings (SSSR count). The molecular formula is C16H34N2. The first-order chi connectivity index (χ1) is 8.48. The van der Waals surface area contributed by atoms with Gasteiger partial charge in [0.25, 0.3) is 0 Å². The number of hydrogen-bond acceptors (Lipinski definition) is 2. The van der Waals surface area contributed by atoms with Gasteiger partial charge in [0.1, 0.15) is 0 Å². The second-order valence-corrected chi connectivity index (χ2v) is 6.84. The first-order valence-corrected chi connectivity index (χ1v) is 7.98. The van der Waals surface area contributed by atoms with Crippen LogP contribution in [-0.4, -0.2) is 35.6 Å². The Morgan fingerprint density at radius 2 is 1.89 bits per heavy atom. The molecule has 0 radical (unpaired) electrons. The zero-order valence-electron chi connectivity index (χ0n) is 13.3. The van der Waals surface area contributed by atoms with Crippen LogP contribution in [0, 0.1) is 0 Å². The predicted octanol–water partition coefficient (Wildman–Crippen LogP) is 3.81. The molecule has 2 nitrogen and oxygen atoms in total. The first kappa shape index (κ1) is 16.0. The molecule has 0 spiro atoms. The van der Waals surface area contributed by atoms with E-state index in [0.29, 0.717) is 6.04 Å². The Labute approximate surface area is 115 Å². The molecule has 1 aliphatic rings. The van der Waals surface area contributed by atoms with Gasteiger partial charge >= 0.3 is 0 Å². The van der Waals surface area contributed by atoms with Crippen molar-refractivity contribution >= 4 is 0 Å². The van der Waals surface area contributed by atoms with Gasteiger partial charge in [-0.25, -0.2) is 0 Å². The zero-order chi connectivity index (χ0) is 13.6. The van der Waals surface area contributed by atoms with E-state index in [2.05, 4.69) is 44.8 Å². The van der Waals surface area contributed by atoms with Crippen molar-refractivity contribution in [1.82, 2.24) is 10.2 Å². The van der Waals surface area contributed by atoms with Gasteiger partial charge in [0.15, 0.2) is 0 Å². The summed E-state index contributed by atoms with van der Waals surface area (Å²) < 4.78 is 0. The second-order valence-electron chi connectivity index (χ2n) is 6.84. The summed E-state index contributed by atoms with van der Waals surface area (Å²) in [6.45, 7) is 13.9. The van der Waals surface area contributed by atoms with Crippen LogP contribution in [0.25, 0.3) is 0 Å². The number of rotatable bonds is 5. The lowest BCUT2D eigenvalue weighted by molar-refractivity contribution is 0.121. The third-order valence-electron chi connectivity index (χ3n) is 4.20. The van der Waals surface area contributed by atoms with Crippen molar-refractivity contribution in [1.29, 1.82) is 0 Å². The standard InChI is InChI=1S/C16H34N2/c1-6-14-11-9-8-10-12-18(14)15(7-2)13-17-16(3,4)5/h14-15,17H,6-13H2,1-5H3. The highest BCUT2D eigenvalue weighted by molar-refractivity contribution is 4.84. The fraction of sp³-hybridized carbons (Fsp3) is 1.00. The molecule has 2 atom stereocenters. The van der Waals surface area contributed by atoms with Gasteiger partial charge in [-0.15, -0.1) is 0 Å². The normalized spacial score (nSPS) is 24.8. The largest absolute Gasteiger partial charge is 0.311 e. The van der Waals surface area contributed by atoms with E-state index in [9.17, 15) is 0 Å². The van der Waals surface area contributed by atoms with Gasteiger partial charge in [0, 0.05) is 24.2 Å². The molecule has 18 heavy (non-hydrogen) atoms. The molecule has 0 amide bonds. The molecule has 2 unspecified atom stereocenters. The minimum Gasteiger partial charge on any atom is -0.311 e. The van der Waals surface area contributed by atoms with Gasteiger partial charge in [-0.3, -0.25) is 4.90 Å². The Morgan fingerprint density at radius 1 is 1.17 bits per heavy atom. The van der Waals surface area contributed by atoms with Crippen LogP contribution in [-0.2, 0) is 0 Å². The van der Waals surface area contributed by atoms with E-state index in [0.717, 1.165) is 12.6 Å². The van der Waals surface area contributed by atoms with E-state index in [1.165, 1.54) is 45.1 Å². The third kappa shape index (κ3) is 5.27. The average molecular weight is 254 g/mol. The molecule has 0 aromatic carbocycles. The molecule has 2 heteroatoms. The molecule has 1 fully saturated rings. The SMILES string of the molecule is CCC1CCCCCN1C(CC)CNC(C)(C)C. The highest BCUT2D eigenvalue weighted by Crippen LogP contribution is 2.22. The van der Waals surface area contributed by atoms with E-state index in [4.69, 9.17) is 0 Å². The zero-order valence-corrected chi connectivity index (χ0v) is 13.3. The molecule has 1 aliphatic heterocycles. The summed E-state index contributed by atoms with van der Waals surface area (Å²) in [6.07, 6.45) is 8.23. The summed E-state index contributed by atoms with van der Waals surface area (Å²) in [5, 5.41) is 3.69. The Hall–Kier alpha value is -0.0800. The van der Waals surface area contributed by atoms with Gasteiger partial charge < -0.3 is 5.32 Å². The first-order valence-electron chi connectivity index (χ1n) is 7.98. The van der Waals surface area contributed by atoms with E-state index >= 15 is 0 Å². The van der Waals surface area contributed by atoms with Crippen LogP contribution in [0.15, 0.2) is 0 Å². The Bertz CT molecular complexity index is 220. The number of nitrogens with one attached hydrogen (secondary N) is 1. The molecule has 0 bridgehead atoms. The highest BCUT2D eigenvalue weighted by Gasteiger charge is 2.26. The van der Waals surface area contributed by atoms with Gasteiger partial charge in [0.05, 0.1) is 0 Å². The van der Waals surface area contributed by atoms with E-state index in [1.807, 2.05) is 0 Å². The smallest absolute Gasteiger partial charge is 0.0221 e. The molecule has 0 aromatic rings. The van der Waals surface area contributed by atoms with Crippen LogP contribution in [0.5, 0.6) is 0 Å². The van der Waals surface area contributed by atoms with Crippen molar-refractivity contribution in [3.63, 3.8) is 0 Å². The van der Waals surface area contributed by atoms with Crippen LogP contribution in [0.2, 0.25) is 0 Å². The quantitative estimate of drug-likeness (QED) is 0.802. The summed E-state index contributed by atoms with van der Waals surface area (Å²) in [4.78, 5) is 2.80. The predicted molar refractivity (Wildman–Crippen MR) is 81.1 cm³/mol. The molecule has 108 valence electrons. The monoisotopic (exact) mass is 254 g/mol. The number of likely N-dealkylation sites (tertiary alicyclic amines) is 1. The van der Waals surface area contributed by atoms with Crippen LogP contribution < -0.4 is 5.32 Å². The van der Waals surface area contributed by atoms with Crippen molar-refractivity contribution in [2.75, 3.05) is 13.1 Å². The van der Waals surface area contributed by atoms with Gasteiger partial charge in [0.2, 0.25) is 0 Å². The van der Waals surface area contributed by atoms with Crippen molar-refractivity contribution in [2.45, 2.75) is 90.8 Å². The molecule has 1 N–H and O–H groups in total. The van der Waals surface area contributed by atoms with Crippen LogP contribution in [0.3, 0.4) is 0 Å². The van der Waals surface area contributed by atoms with E-state index in [-0.39, 0.29) is 5.54 Å². The molecular weight excluding hydrogens is 220 g/mol. The Kier molecular flexibility index (Phi) is 6.65. The molecule has 0 saturated carbocycles. The van der Waals surface area contributed by atoms with Crippen molar-refractivity contribution in [2.24, 2.45) is 0 Å². The fourth-order valence-electron chi connectivity index (χ4n) is 3.04. The number of nitrogens with zero attached hydrogens (tertiary/aromatic N) is 1. The fourth-order valence-corrected chi connectivity index (χ4v) is 3.04. The van der Waals surface area contributed by atoms with E-state index < -0.39 is 0 Å². The number of hydrogen-bond donors (Lipinski definition) is 1. The minimum absolute atomic E-state index is 0.237. The summed E-state index contributed by atoms with van der Waals surface area (Å²) in [6, 6.07) is 1.53. The van der Waals surface area contributed by atoms with Crippen LogP contribution in [0.1, 0.15) is 73.1 Å². The summed E-state index contributed by atoms with van der Waals surface area (Å²) >= 11 is 0.